The molecule has 1 amide bonds. The molecule has 0 saturated heterocycles. The van der Waals surface area contributed by atoms with Gasteiger partial charge in [0.15, 0.2) is 28.9 Å². The zero-order chi connectivity index (χ0) is 16.7. The first-order valence-electron chi connectivity index (χ1n) is 6.39. The van der Waals surface area contributed by atoms with Crippen LogP contribution in [0, 0.1) is 23.3 Å². The van der Waals surface area contributed by atoms with Gasteiger partial charge in [-0.3, -0.25) is 4.79 Å². The molecule has 0 spiro atoms. The maximum absolute atomic E-state index is 14.1. The van der Waals surface area contributed by atoms with Gasteiger partial charge in [-0.05, 0) is 12.1 Å². The van der Waals surface area contributed by atoms with Crippen molar-refractivity contribution in [1.82, 2.24) is 4.98 Å². The number of nitrogens with zero attached hydrogens (tertiary/aromatic N) is 1. The molecule has 0 aliphatic heterocycles. The molecule has 4 nitrogen and oxygen atoms in total. The summed E-state index contributed by atoms with van der Waals surface area (Å²) >= 11 is 0. The van der Waals surface area contributed by atoms with Gasteiger partial charge in [-0.2, -0.15) is 0 Å². The van der Waals surface area contributed by atoms with Gasteiger partial charge < -0.3 is 9.73 Å². The zero-order valence-corrected chi connectivity index (χ0v) is 11.6. The summed E-state index contributed by atoms with van der Waals surface area (Å²) < 4.78 is 60.3. The number of rotatable bonds is 2. The van der Waals surface area contributed by atoms with E-state index in [0.29, 0.717) is 5.52 Å². The summed E-state index contributed by atoms with van der Waals surface area (Å²) in [5.41, 5.74) is -1.13. The number of carbonyl (C=O) groups excluding carboxylic acids is 1. The Kier molecular flexibility index (Phi) is 3.51. The highest BCUT2D eigenvalue weighted by molar-refractivity contribution is 5.94. The number of hydrogen-bond donors (Lipinski definition) is 1. The van der Waals surface area contributed by atoms with E-state index in [-0.39, 0.29) is 5.58 Å². The van der Waals surface area contributed by atoms with Gasteiger partial charge in [-0.1, -0.05) is 12.1 Å². The molecule has 1 aromatic heterocycles. The molecule has 1 heterocycles. The van der Waals surface area contributed by atoms with Gasteiger partial charge in [0.1, 0.15) is 11.1 Å². The maximum atomic E-state index is 14.1. The highest BCUT2D eigenvalue weighted by Gasteiger charge is 2.29. The van der Waals surface area contributed by atoms with Crippen LogP contribution >= 0.6 is 0 Å². The number of amides is 1. The first-order valence-corrected chi connectivity index (χ1v) is 6.39. The predicted molar refractivity (Wildman–Crippen MR) is 73.6 cm³/mol. The van der Waals surface area contributed by atoms with Crippen molar-refractivity contribution < 1.29 is 26.8 Å². The minimum atomic E-state index is -2.04. The number of hydrogen-bond acceptors (Lipinski definition) is 3. The Morgan fingerprint density at radius 3 is 2.35 bits per heavy atom. The van der Waals surface area contributed by atoms with Crippen molar-refractivity contribution in [2.24, 2.45) is 0 Å². The fourth-order valence-electron chi connectivity index (χ4n) is 2.11. The second-order valence-electron chi connectivity index (χ2n) is 4.67. The summed E-state index contributed by atoms with van der Waals surface area (Å²) in [4.78, 5) is 15.1. The molecule has 0 saturated carbocycles. The second-order valence-corrected chi connectivity index (χ2v) is 4.67. The molecule has 3 rings (SSSR count). The van der Waals surface area contributed by atoms with E-state index in [9.17, 15) is 22.4 Å². The summed E-state index contributed by atoms with van der Waals surface area (Å²) in [6.45, 7) is 1.01. The van der Waals surface area contributed by atoms with Gasteiger partial charge >= 0.3 is 0 Å². The van der Waals surface area contributed by atoms with Crippen LogP contribution in [0.1, 0.15) is 6.92 Å². The molecule has 3 aromatic rings. The minimum absolute atomic E-state index is 0.237. The number of halogens is 4. The Balaban J connectivity index is 2.34. The molecule has 0 aliphatic rings. The van der Waals surface area contributed by atoms with Crippen LogP contribution in [0.5, 0.6) is 0 Å². The van der Waals surface area contributed by atoms with Crippen molar-refractivity contribution in [2.45, 2.75) is 6.92 Å². The van der Waals surface area contributed by atoms with E-state index < -0.39 is 46.3 Å². The number of nitrogens with one attached hydrogen (secondary N) is 1. The van der Waals surface area contributed by atoms with Crippen molar-refractivity contribution in [2.75, 3.05) is 5.32 Å². The van der Waals surface area contributed by atoms with E-state index in [0.717, 1.165) is 6.92 Å². The van der Waals surface area contributed by atoms with E-state index in [4.69, 9.17) is 4.42 Å². The first-order chi connectivity index (χ1) is 10.9. The third-order valence-corrected chi connectivity index (χ3v) is 3.08. The maximum Gasteiger partial charge on any atom is 0.232 e. The van der Waals surface area contributed by atoms with Gasteiger partial charge in [-0.25, -0.2) is 22.5 Å². The van der Waals surface area contributed by atoms with Crippen LogP contribution in [0.4, 0.5) is 23.2 Å². The standard InChI is InChI=1S/C15H8F4N2O2/c1-6(22)20-14-9(10(16)11(17)12(18)13(14)19)15-21-7-4-2-3-5-8(7)23-15/h2-5H,1H3,(H,20,22). The zero-order valence-electron chi connectivity index (χ0n) is 11.6. The molecule has 8 heteroatoms. The normalized spacial score (nSPS) is 11.0. The van der Waals surface area contributed by atoms with E-state index in [1.165, 1.54) is 12.1 Å². The SMILES string of the molecule is CC(=O)Nc1c(F)c(F)c(F)c(F)c1-c1nc2ccccc2o1. The topological polar surface area (TPSA) is 55.1 Å². The van der Waals surface area contributed by atoms with Gasteiger partial charge in [0.2, 0.25) is 11.8 Å². The molecule has 0 fully saturated rings. The minimum Gasteiger partial charge on any atom is -0.436 e. The van der Waals surface area contributed by atoms with E-state index >= 15 is 0 Å². The molecular weight excluding hydrogens is 316 g/mol. The van der Waals surface area contributed by atoms with Gasteiger partial charge in [-0.15, -0.1) is 0 Å². The Labute approximate surface area is 126 Å². The van der Waals surface area contributed by atoms with Crippen molar-refractivity contribution >= 4 is 22.7 Å². The van der Waals surface area contributed by atoms with Crippen molar-refractivity contribution in [1.29, 1.82) is 0 Å². The van der Waals surface area contributed by atoms with Crippen LogP contribution in [0.2, 0.25) is 0 Å². The second kappa shape index (κ2) is 5.38. The number of fused-ring (bicyclic) bond motifs is 1. The predicted octanol–water partition coefficient (Wildman–Crippen LogP) is 4.01. The lowest BCUT2D eigenvalue weighted by atomic mass is 10.1. The molecule has 0 unspecified atom stereocenters. The van der Waals surface area contributed by atoms with Crippen molar-refractivity contribution in [3.8, 4) is 11.5 Å². The van der Waals surface area contributed by atoms with Gasteiger partial charge in [0.05, 0.1) is 5.69 Å². The summed E-state index contributed by atoms with van der Waals surface area (Å²) in [6.07, 6.45) is 0. The number of para-hydroxylation sites is 2. The van der Waals surface area contributed by atoms with Gasteiger partial charge in [0.25, 0.3) is 0 Å². The largest absolute Gasteiger partial charge is 0.436 e. The van der Waals surface area contributed by atoms with Crippen molar-refractivity contribution in [3.63, 3.8) is 0 Å². The molecule has 23 heavy (non-hydrogen) atoms. The third kappa shape index (κ3) is 2.41. The molecule has 1 N–H and O–H groups in total. The number of anilines is 1. The quantitative estimate of drug-likeness (QED) is 0.440. The van der Waals surface area contributed by atoms with Crippen LogP contribution in [-0.2, 0) is 4.79 Å². The summed E-state index contributed by atoms with van der Waals surface area (Å²) in [5, 5.41) is 1.93. The van der Waals surface area contributed by atoms with E-state index in [2.05, 4.69) is 4.98 Å². The Hall–Kier alpha value is -2.90. The molecule has 0 atom stereocenters. The molecule has 2 aromatic carbocycles. The molecule has 118 valence electrons. The smallest absolute Gasteiger partial charge is 0.232 e. The number of carbonyl (C=O) groups is 1. The average Bonchev–Trinajstić information content (AvgIpc) is 2.93. The van der Waals surface area contributed by atoms with Crippen LogP contribution in [0.3, 0.4) is 0 Å². The molecular formula is C15H8F4N2O2. The number of benzene rings is 2. The highest BCUT2D eigenvalue weighted by Crippen LogP contribution is 2.37. The summed E-state index contributed by atoms with van der Waals surface area (Å²) in [5.74, 6) is -8.78. The molecule has 0 bridgehead atoms. The average molecular weight is 324 g/mol. The van der Waals surface area contributed by atoms with Crippen LogP contribution < -0.4 is 5.32 Å². The Morgan fingerprint density at radius 1 is 1.04 bits per heavy atom. The van der Waals surface area contributed by atoms with Crippen LogP contribution in [-0.4, -0.2) is 10.9 Å². The highest BCUT2D eigenvalue weighted by atomic mass is 19.2. The number of oxazole rings is 1. The summed E-state index contributed by atoms with van der Waals surface area (Å²) in [6, 6.07) is 6.30. The van der Waals surface area contributed by atoms with E-state index in [1.54, 1.807) is 12.1 Å². The lowest BCUT2D eigenvalue weighted by Gasteiger charge is -2.11. The summed E-state index contributed by atoms with van der Waals surface area (Å²) in [7, 11) is 0. The lowest BCUT2D eigenvalue weighted by Crippen LogP contribution is -2.13. The van der Waals surface area contributed by atoms with E-state index in [1.807, 2.05) is 5.32 Å². The van der Waals surface area contributed by atoms with Crippen molar-refractivity contribution in [3.05, 3.63) is 47.5 Å². The first kappa shape index (κ1) is 15.0. The Morgan fingerprint density at radius 2 is 1.70 bits per heavy atom. The molecule has 0 aliphatic carbocycles. The number of aromatic nitrogens is 1. The van der Waals surface area contributed by atoms with Crippen LogP contribution in [0.25, 0.3) is 22.6 Å². The molecule has 0 radical (unpaired) electrons. The lowest BCUT2D eigenvalue weighted by molar-refractivity contribution is -0.114. The monoisotopic (exact) mass is 324 g/mol. The third-order valence-electron chi connectivity index (χ3n) is 3.08. The fourth-order valence-corrected chi connectivity index (χ4v) is 2.11. The van der Waals surface area contributed by atoms with Gasteiger partial charge in [0, 0.05) is 6.92 Å². The fraction of sp³-hybridized carbons (Fsp3) is 0.0667. The van der Waals surface area contributed by atoms with Crippen LogP contribution in [0.15, 0.2) is 28.7 Å². The Bertz CT molecular complexity index is 904.